The van der Waals surface area contributed by atoms with Crippen molar-refractivity contribution in [3.63, 3.8) is 0 Å². The van der Waals surface area contributed by atoms with Crippen LogP contribution >= 0.6 is 0 Å². The topological polar surface area (TPSA) is 58.2 Å². The first-order chi connectivity index (χ1) is 9.08. The van der Waals surface area contributed by atoms with Crippen LogP contribution < -0.4 is 10.6 Å². The van der Waals surface area contributed by atoms with Crippen molar-refractivity contribution in [3.8, 4) is 0 Å². The van der Waals surface area contributed by atoms with Gasteiger partial charge < -0.3 is 10.6 Å². The van der Waals surface area contributed by atoms with Crippen molar-refractivity contribution in [3.05, 3.63) is 35.9 Å². The number of nitrogens with one attached hydrogen (secondary N) is 2. The second kappa shape index (κ2) is 4.33. The van der Waals surface area contributed by atoms with Gasteiger partial charge >= 0.3 is 0 Å². The first-order valence-corrected chi connectivity index (χ1v) is 6.43. The molecule has 0 aromatic heterocycles. The molecule has 3 rings (SSSR count). The van der Waals surface area contributed by atoms with Gasteiger partial charge in [0.05, 0.1) is 12.1 Å². The maximum atomic E-state index is 13.7. The van der Waals surface area contributed by atoms with E-state index in [1.165, 1.54) is 0 Å². The Labute approximate surface area is 110 Å². The number of hydrogen-bond acceptors (Lipinski definition) is 2. The van der Waals surface area contributed by atoms with Gasteiger partial charge in [-0.2, -0.15) is 0 Å². The molecule has 19 heavy (non-hydrogen) atoms. The molecule has 2 aliphatic rings. The molecule has 1 saturated carbocycles. The minimum absolute atomic E-state index is 0.122. The lowest BCUT2D eigenvalue weighted by atomic mass is 10.0. The van der Waals surface area contributed by atoms with Crippen LogP contribution in [0.3, 0.4) is 0 Å². The molecular formula is C14H15FN2O2. The molecule has 0 spiro atoms. The van der Waals surface area contributed by atoms with Crippen molar-refractivity contribution in [1.82, 2.24) is 10.6 Å². The van der Waals surface area contributed by atoms with E-state index in [1.807, 2.05) is 30.3 Å². The van der Waals surface area contributed by atoms with E-state index in [9.17, 15) is 14.0 Å². The van der Waals surface area contributed by atoms with Crippen molar-refractivity contribution in [2.24, 2.45) is 0 Å². The minimum Gasteiger partial charge on any atom is -0.348 e. The Morgan fingerprint density at radius 2 is 2.00 bits per heavy atom. The number of alkyl halides is 1. The lowest BCUT2D eigenvalue weighted by molar-refractivity contribution is -0.128. The van der Waals surface area contributed by atoms with Crippen LogP contribution in [0.15, 0.2) is 30.3 Å². The van der Waals surface area contributed by atoms with Crippen molar-refractivity contribution in [1.29, 1.82) is 0 Å². The Balaban J connectivity index is 1.75. The molecule has 1 saturated heterocycles. The number of hydrogen-bond donors (Lipinski definition) is 2. The molecule has 0 unspecified atom stereocenters. The van der Waals surface area contributed by atoms with Gasteiger partial charge in [0.15, 0.2) is 5.67 Å². The summed E-state index contributed by atoms with van der Waals surface area (Å²) in [4.78, 5) is 23.3. The van der Waals surface area contributed by atoms with Gasteiger partial charge in [-0.05, 0) is 18.4 Å². The summed E-state index contributed by atoms with van der Waals surface area (Å²) in [6, 6.07) is 8.74. The van der Waals surface area contributed by atoms with Crippen molar-refractivity contribution in [2.45, 2.75) is 37.0 Å². The number of rotatable bonds is 3. The third kappa shape index (κ3) is 2.32. The number of halogens is 1. The number of carbonyl (C=O) groups excluding carboxylic acids is 2. The molecule has 2 fully saturated rings. The van der Waals surface area contributed by atoms with Crippen LogP contribution in [-0.2, 0) is 9.59 Å². The lowest BCUT2D eigenvalue weighted by Crippen LogP contribution is -2.43. The molecule has 2 N–H and O–H groups in total. The highest BCUT2D eigenvalue weighted by Crippen LogP contribution is 2.40. The zero-order valence-electron chi connectivity index (χ0n) is 10.4. The molecule has 5 heteroatoms. The average Bonchev–Trinajstić information content (AvgIpc) is 3.05. The molecule has 4 nitrogen and oxygen atoms in total. The van der Waals surface area contributed by atoms with Crippen molar-refractivity contribution < 1.29 is 14.0 Å². The zero-order chi connectivity index (χ0) is 13.5. The molecule has 100 valence electrons. The van der Waals surface area contributed by atoms with Crippen LogP contribution in [0.25, 0.3) is 0 Å². The number of carbonyl (C=O) groups is 2. The second-order valence-corrected chi connectivity index (χ2v) is 5.21. The van der Waals surface area contributed by atoms with E-state index in [1.54, 1.807) is 0 Å². The van der Waals surface area contributed by atoms with E-state index in [0.717, 1.165) is 5.56 Å². The van der Waals surface area contributed by atoms with E-state index in [4.69, 9.17) is 0 Å². The monoisotopic (exact) mass is 262 g/mol. The summed E-state index contributed by atoms with van der Waals surface area (Å²) in [6.07, 6.45) is 0.757. The normalized spacial score (nSPS) is 27.7. The van der Waals surface area contributed by atoms with Gasteiger partial charge in [-0.25, -0.2) is 4.39 Å². The third-order valence-electron chi connectivity index (χ3n) is 3.70. The first kappa shape index (κ1) is 12.1. The Bertz CT molecular complexity index is 513. The summed E-state index contributed by atoms with van der Waals surface area (Å²) in [5, 5.41) is 5.48. The fourth-order valence-corrected chi connectivity index (χ4v) is 2.40. The summed E-state index contributed by atoms with van der Waals surface area (Å²) < 4.78 is 13.7. The van der Waals surface area contributed by atoms with Gasteiger partial charge in [-0.1, -0.05) is 30.3 Å². The predicted octanol–water partition coefficient (Wildman–Crippen LogP) is 1.23. The Hall–Kier alpha value is -1.91. The summed E-state index contributed by atoms with van der Waals surface area (Å²) >= 11 is 0. The molecule has 2 atom stereocenters. The predicted molar refractivity (Wildman–Crippen MR) is 66.9 cm³/mol. The van der Waals surface area contributed by atoms with E-state index in [0.29, 0.717) is 0 Å². The van der Waals surface area contributed by atoms with Gasteiger partial charge in [-0.15, -0.1) is 0 Å². The summed E-state index contributed by atoms with van der Waals surface area (Å²) in [6.45, 7) is 0. The van der Waals surface area contributed by atoms with E-state index in [2.05, 4.69) is 10.6 Å². The largest absolute Gasteiger partial charge is 0.348 e. The number of benzene rings is 1. The van der Waals surface area contributed by atoms with Crippen LogP contribution in [0.5, 0.6) is 0 Å². The highest BCUT2D eigenvalue weighted by molar-refractivity contribution is 5.89. The third-order valence-corrected chi connectivity index (χ3v) is 3.70. The first-order valence-electron chi connectivity index (χ1n) is 6.43. The zero-order valence-corrected chi connectivity index (χ0v) is 10.4. The van der Waals surface area contributed by atoms with Gasteiger partial charge in [0.25, 0.3) is 5.91 Å². The quantitative estimate of drug-likeness (QED) is 0.861. The standard InChI is InChI=1S/C14H15FN2O2/c15-14(6-7-14)13(19)16-10-8-11(18)17-12(10)9-4-2-1-3-5-9/h1-5,10,12H,6-8H2,(H,16,19)(H,17,18)/t10-,12+/m1/s1. The molecule has 0 radical (unpaired) electrons. The van der Waals surface area contributed by atoms with Gasteiger partial charge in [0.2, 0.25) is 5.91 Å². The summed E-state index contributed by atoms with van der Waals surface area (Å²) in [7, 11) is 0. The van der Waals surface area contributed by atoms with E-state index >= 15 is 0 Å². The van der Waals surface area contributed by atoms with Crippen LogP contribution in [-0.4, -0.2) is 23.5 Å². The fraction of sp³-hybridized carbons (Fsp3) is 0.429. The minimum atomic E-state index is -1.70. The molecule has 1 aromatic rings. The second-order valence-electron chi connectivity index (χ2n) is 5.21. The molecular weight excluding hydrogens is 247 g/mol. The molecule has 1 heterocycles. The maximum Gasteiger partial charge on any atom is 0.257 e. The van der Waals surface area contributed by atoms with Crippen LogP contribution in [0.2, 0.25) is 0 Å². The molecule has 1 aromatic carbocycles. The van der Waals surface area contributed by atoms with Gasteiger partial charge in [-0.3, -0.25) is 9.59 Å². The van der Waals surface area contributed by atoms with Crippen molar-refractivity contribution >= 4 is 11.8 Å². The SMILES string of the molecule is O=C1C[C@@H](NC(=O)C2(F)CC2)[C@H](c2ccccc2)N1. The summed E-state index contributed by atoms with van der Waals surface area (Å²) in [5.74, 6) is -0.710. The van der Waals surface area contributed by atoms with E-state index in [-0.39, 0.29) is 37.3 Å². The van der Waals surface area contributed by atoms with Crippen LogP contribution in [0.4, 0.5) is 4.39 Å². The Morgan fingerprint density at radius 1 is 1.32 bits per heavy atom. The van der Waals surface area contributed by atoms with Crippen molar-refractivity contribution in [2.75, 3.05) is 0 Å². The Kier molecular flexibility index (Phi) is 2.77. The number of amides is 2. The van der Waals surface area contributed by atoms with E-state index < -0.39 is 11.6 Å². The molecule has 1 aliphatic carbocycles. The highest BCUT2D eigenvalue weighted by atomic mass is 19.1. The summed E-state index contributed by atoms with van der Waals surface area (Å²) in [5.41, 5.74) is -0.783. The average molecular weight is 262 g/mol. The van der Waals surface area contributed by atoms with Crippen LogP contribution in [0.1, 0.15) is 30.9 Å². The molecule has 2 amide bonds. The maximum absolute atomic E-state index is 13.7. The highest BCUT2D eigenvalue weighted by Gasteiger charge is 2.52. The molecule has 1 aliphatic heterocycles. The smallest absolute Gasteiger partial charge is 0.257 e. The molecule has 0 bridgehead atoms. The van der Waals surface area contributed by atoms with Gasteiger partial charge in [0, 0.05) is 6.42 Å². The Morgan fingerprint density at radius 3 is 2.63 bits per heavy atom. The van der Waals surface area contributed by atoms with Crippen LogP contribution in [0, 0.1) is 0 Å². The lowest BCUT2D eigenvalue weighted by Gasteiger charge is -2.21. The fourth-order valence-electron chi connectivity index (χ4n) is 2.40. The van der Waals surface area contributed by atoms with Gasteiger partial charge in [0.1, 0.15) is 0 Å².